The second kappa shape index (κ2) is 5.37. The average molecular weight is 258 g/mol. The zero-order chi connectivity index (χ0) is 10.6. The molecule has 0 aliphatic heterocycles. The zero-order valence-electron chi connectivity index (χ0n) is 8.75. The van der Waals surface area contributed by atoms with Crippen molar-refractivity contribution in [3.63, 3.8) is 0 Å². The standard InChI is InChI=1S/C11H16BrNO/c1-8(9(2)14-3)13-11-6-4-5-10(12)7-11/h4-9,13H,1-3H3. The van der Waals surface area contributed by atoms with Gasteiger partial charge in [0.2, 0.25) is 0 Å². The topological polar surface area (TPSA) is 21.3 Å². The normalized spacial score (nSPS) is 14.9. The number of rotatable bonds is 4. The van der Waals surface area contributed by atoms with Crippen molar-refractivity contribution in [1.82, 2.24) is 0 Å². The van der Waals surface area contributed by atoms with Crippen molar-refractivity contribution in [3.8, 4) is 0 Å². The van der Waals surface area contributed by atoms with E-state index in [2.05, 4.69) is 41.2 Å². The van der Waals surface area contributed by atoms with Crippen LogP contribution in [-0.4, -0.2) is 19.3 Å². The molecular weight excluding hydrogens is 242 g/mol. The number of anilines is 1. The number of hydrogen-bond donors (Lipinski definition) is 1. The van der Waals surface area contributed by atoms with Crippen molar-refractivity contribution < 1.29 is 4.74 Å². The molecule has 1 aromatic rings. The van der Waals surface area contributed by atoms with Crippen LogP contribution < -0.4 is 5.32 Å². The maximum atomic E-state index is 5.24. The molecule has 0 heterocycles. The molecule has 0 aliphatic carbocycles. The van der Waals surface area contributed by atoms with E-state index in [0.717, 1.165) is 10.2 Å². The molecule has 1 rings (SSSR count). The van der Waals surface area contributed by atoms with E-state index in [0.29, 0.717) is 6.04 Å². The Bertz CT molecular complexity index is 290. The summed E-state index contributed by atoms with van der Waals surface area (Å²) in [5, 5.41) is 3.38. The Balaban J connectivity index is 2.60. The molecule has 0 radical (unpaired) electrons. The van der Waals surface area contributed by atoms with Crippen LogP contribution in [0.5, 0.6) is 0 Å². The number of nitrogens with one attached hydrogen (secondary N) is 1. The minimum absolute atomic E-state index is 0.203. The van der Waals surface area contributed by atoms with Crippen LogP contribution in [0.1, 0.15) is 13.8 Å². The summed E-state index contributed by atoms with van der Waals surface area (Å²) in [6.45, 7) is 4.16. The predicted molar refractivity (Wildman–Crippen MR) is 63.7 cm³/mol. The van der Waals surface area contributed by atoms with E-state index in [1.165, 1.54) is 0 Å². The van der Waals surface area contributed by atoms with E-state index in [1.54, 1.807) is 7.11 Å². The second-order valence-corrected chi connectivity index (χ2v) is 4.30. The van der Waals surface area contributed by atoms with E-state index in [9.17, 15) is 0 Å². The van der Waals surface area contributed by atoms with Gasteiger partial charge in [-0.3, -0.25) is 0 Å². The molecule has 2 nitrogen and oxygen atoms in total. The highest BCUT2D eigenvalue weighted by atomic mass is 79.9. The number of halogens is 1. The Morgan fingerprint density at radius 2 is 2.07 bits per heavy atom. The summed E-state index contributed by atoms with van der Waals surface area (Å²) in [6, 6.07) is 8.42. The van der Waals surface area contributed by atoms with Gasteiger partial charge in [0, 0.05) is 23.3 Å². The molecule has 1 N–H and O–H groups in total. The molecule has 3 heteroatoms. The molecule has 2 atom stereocenters. The van der Waals surface area contributed by atoms with Gasteiger partial charge in [-0.1, -0.05) is 22.0 Å². The summed E-state index contributed by atoms with van der Waals surface area (Å²) in [7, 11) is 1.73. The van der Waals surface area contributed by atoms with Crippen molar-refractivity contribution in [1.29, 1.82) is 0 Å². The van der Waals surface area contributed by atoms with Crippen LogP contribution in [0.25, 0.3) is 0 Å². The van der Waals surface area contributed by atoms with Crippen LogP contribution in [0.3, 0.4) is 0 Å². The number of hydrogen-bond acceptors (Lipinski definition) is 2. The van der Waals surface area contributed by atoms with E-state index in [-0.39, 0.29) is 6.10 Å². The molecule has 0 amide bonds. The lowest BCUT2D eigenvalue weighted by molar-refractivity contribution is 0.106. The minimum Gasteiger partial charge on any atom is -0.380 e. The Morgan fingerprint density at radius 3 is 2.64 bits per heavy atom. The van der Waals surface area contributed by atoms with Crippen LogP contribution in [0.2, 0.25) is 0 Å². The first-order chi connectivity index (χ1) is 6.63. The lowest BCUT2D eigenvalue weighted by Crippen LogP contribution is -2.29. The Labute approximate surface area is 93.8 Å². The first-order valence-corrected chi connectivity index (χ1v) is 5.47. The second-order valence-electron chi connectivity index (χ2n) is 3.38. The first-order valence-electron chi connectivity index (χ1n) is 4.68. The van der Waals surface area contributed by atoms with Crippen molar-refractivity contribution in [2.75, 3.05) is 12.4 Å². The Morgan fingerprint density at radius 1 is 1.36 bits per heavy atom. The first kappa shape index (κ1) is 11.5. The molecular formula is C11H16BrNO. The van der Waals surface area contributed by atoms with E-state index < -0.39 is 0 Å². The molecule has 0 aromatic heterocycles. The van der Waals surface area contributed by atoms with Gasteiger partial charge in [0.05, 0.1) is 6.10 Å². The molecule has 2 unspecified atom stereocenters. The highest BCUT2D eigenvalue weighted by molar-refractivity contribution is 9.10. The van der Waals surface area contributed by atoms with Crippen molar-refractivity contribution in [3.05, 3.63) is 28.7 Å². The van der Waals surface area contributed by atoms with Crippen LogP contribution in [0.15, 0.2) is 28.7 Å². The molecule has 0 bridgehead atoms. The third-order valence-electron chi connectivity index (χ3n) is 2.29. The van der Waals surface area contributed by atoms with Gasteiger partial charge in [0.15, 0.2) is 0 Å². The van der Waals surface area contributed by atoms with Gasteiger partial charge >= 0.3 is 0 Å². The van der Waals surface area contributed by atoms with Gasteiger partial charge in [-0.25, -0.2) is 0 Å². The maximum Gasteiger partial charge on any atom is 0.0741 e. The van der Waals surface area contributed by atoms with Gasteiger partial charge in [-0.05, 0) is 32.0 Å². The van der Waals surface area contributed by atoms with Gasteiger partial charge in [-0.2, -0.15) is 0 Å². The zero-order valence-corrected chi connectivity index (χ0v) is 10.3. The molecule has 78 valence electrons. The molecule has 0 aliphatic rings. The molecule has 0 spiro atoms. The van der Waals surface area contributed by atoms with Gasteiger partial charge in [0.25, 0.3) is 0 Å². The fourth-order valence-corrected chi connectivity index (χ4v) is 1.56. The summed E-state index contributed by atoms with van der Waals surface area (Å²) in [4.78, 5) is 0. The van der Waals surface area contributed by atoms with Crippen LogP contribution in [0, 0.1) is 0 Å². The molecule has 0 saturated heterocycles. The largest absolute Gasteiger partial charge is 0.380 e. The molecule has 0 fully saturated rings. The van der Waals surface area contributed by atoms with Crippen molar-refractivity contribution in [2.45, 2.75) is 26.0 Å². The monoisotopic (exact) mass is 257 g/mol. The van der Waals surface area contributed by atoms with Crippen LogP contribution >= 0.6 is 15.9 Å². The summed E-state index contributed by atoms with van der Waals surface area (Å²) in [5.41, 5.74) is 1.11. The molecule has 0 saturated carbocycles. The fourth-order valence-electron chi connectivity index (χ4n) is 1.16. The maximum absolute atomic E-state index is 5.24. The Hall–Kier alpha value is -0.540. The van der Waals surface area contributed by atoms with Crippen LogP contribution in [0.4, 0.5) is 5.69 Å². The minimum atomic E-state index is 0.203. The predicted octanol–water partition coefficient (Wildman–Crippen LogP) is 3.28. The smallest absolute Gasteiger partial charge is 0.0741 e. The summed E-state index contributed by atoms with van der Waals surface area (Å²) in [6.07, 6.45) is 0.203. The molecule has 14 heavy (non-hydrogen) atoms. The SMILES string of the molecule is COC(C)C(C)Nc1cccc(Br)c1. The van der Waals surface area contributed by atoms with Gasteiger partial charge in [0.1, 0.15) is 0 Å². The third-order valence-corrected chi connectivity index (χ3v) is 2.79. The third kappa shape index (κ3) is 3.31. The molecule has 1 aromatic carbocycles. The highest BCUT2D eigenvalue weighted by Crippen LogP contribution is 2.17. The number of methoxy groups -OCH3 is 1. The summed E-state index contributed by atoms with van der Waals surface area (Å²) in [5.74, 6) is 0. The lowest BCUT2D eigenvalue weighted by Gasteiger charge is -2.21. The quantitative estimate of drug-likeness (QED) is 0.894. The summed E-state index contributed by atoms with van der Waals surface area (Å²) >= 11 is 3.43. The Kier molecular flexibility index (Phi) is 4.42. The van der Waals surface area contributed by atoms with Crippen LogP contribution in [-0.2, 0) is 4.74 Å². The van der Waals surface area contributed by atoms with Crippen molar-refractivity contribution >= 4 is 21.6 Å². The van der Waals surface area contributed by atoms with Crippen molar-refractivity contribution in [2.24, 2.45) is 0 Å². The van der Waals surface area contributed by atoms with Gasteiger partial charge in [-0.15, -0.1) is 0 Å². The van der Waals surface area contributed by atoms with E-state index >= 15 is 0 Å². The van der Waals surface area contributed by atoms with E-state index in [4.69, 9.17) is 4.74 Å². The fraction of sp³-hybridized carbons (Fsp3) is 0.455. The lowest BCUT2D eigenvalue weighted by atomic mass is 10.2. The number of benzene rings is 1. The van der Waals surface area contributed by atoms with Gasteiger partial charge < -0.3 is 10.1 Å². The number of ether oxygens (including phenoxy) is 1. The highest BCUT2D eigenvalue weighted by Gasteiger charge is 2.10. The van der Waals surface area contributed by atoms with E-state index in [1.807, 2.05) is 18.2 Å². The summed E-state index contributed by atoms with van der Waals surface area (Å²) < 4.78 is 6.32. The average Bonchev–Trinajstić information content (AvgIpc) is 2.16.